The maximum Gasteiger partial charge on any atom is 0.259 e. The third kappa shape index (κ3) is 2.10. The van der Waals surface area contributed by atoms with Gasteiger partial charge in [-0.3, -0.25) is 9.20 Å². The summed E-state index contributed by atoms with van der Waals surface area (Å²) < 4.78 is 1.55. The summed E-state index contributed by atoms with van der Waals surface area (Å²) in [5, 5.41) is 1.86. The summed E-state index contributed by atoms with van der Waals surface area (Å²) in [6, 6.07) is 11.5. The van der Waals surface area contributed by atoms with Gasteiger partial charge in [0.1, 0.15) is 0 Å². The highest BCUT2D eigenvalue weighted by molar-refractivity contribution is 7.15. The molecule has 0 N–H and O–H groups in total. The smallest absolute Gasteiger partial charge is 0.259 e. The van der Waals surface area contributed by atoms with Crippen molar-refractivity contribution in [2.75, 3.05) is 0 Å². The fourth-order valence-electron chi connectivity index (χ4n) is 1.69. The second-order valence-corrected chi connectivity index (χ2v) is 4.69. The van der Waals surface area contributed by atoms with Crippen LogP contribution in [0.2, 0.25) is 0 Å². The molecule has 0 aliphatic heterocycles. The SMILES string of the molecule is O=c1cc(C=Cc2ccccc2)nc2sccn12. The van der Waals surface area contributed by atoms with E-state index in [1.807, 2.05) is 47.9 Å². The Morgan fingerprint density at radius 1 is 1.17 bits per heavy atom. The van der Waals surface area contributed by atoms with Crippen molar-refractivity contribution in [2.24, 2.45) is 0 Å². The lowest BCUT2D eigenvalue weighted by atomic mass is 10.2. The lowest BCUT2D eigenvalue weighted by Crippen LogP contribution is -2.11. The quantitative estimate of drug-likeness (QED) is 0.704. The minimum Gasteiger partial charge on any atom is -0.269 e. The molecule has 0 spiro atoms. The molecule has 0 radical (unpaired) electrons. The lowest BCUT2D eigenvalue weighted by Gasteiger charge is -1.95. The third-order valence-electron chi connectivity index (χ3n) is 2.57. The number of hydrogen-bond donors (Lipinski definition) is 0. The number of hydrogen-bond acceptors (Lipinski definition) is 3. The highest BCUT2D eigenvalue weighted by atomic mass is 32.1. The molecule has 18 heavy (non-hydrogen) atoms. The Balaban J connectivity index is 2.00. The van der Waals surface area contributed by atoms with Crippen molar-refractivity contribution in [2.45, 2.75) is 0 Å². The molecule has 3 rings (SSSR count). The minimum atomic E-state index is -0.0473. The lowest BCUT2D eigenvalue weighted by molar-refractivity contribution is 1.07. The van der Waals surface area contributed by atoms with Crippen LogP contribution >= 0.6 is 11.3 Å². The fourth-order valence-corrected chi connectivity index (χ4v) is 2.42. The van der Waals surface area contributed by atoms with Gasteiger partial charge in [-0.05, 0) is 11.6 Å². The molecule has 0 saturated heterocycles. The fraction of sp³-hybridized carbons (Fsp3) is 0. The maximum absolute atomic E-state index is 11.8. The van der Waals surface area contributed by atoms with E-state index in [-0.39, 0.29) is 5.56 Å². The summed E-state index contributed by atoms with van der Waals surface area (Å²) in [4.78, 5) is 16.9. The Bertz CT molecular complexity index is 756. The maximum atomic E-state index is 11.8. The van der Waals surface area contributed by atoms with E-state index in [0.717, 1.165) is 10.5 Å². The van der Waals surface area contributed by atoms with E-state index in [0.29, 0.717) is 5.69 Å². The second kappa shape index (κ2) is 4.58. The summed E-state index contributed by atoms with van der Waals surface area (Å²) in [7, 11) is 0. The Labute approximate surface area is 108 Å². The normalized spacial score (nSPS) is 11.3. The molecule has 0 amide bonds. The Hall–Kier alpha value is -2.20. The summed E-state index contributed by atoms with van der Waals surface area (Å²) >= 11 is 1.46. The van der Waals surface area contributed by atoms with Gasteiger partial charge in [0.25, 0.3) is 5.56 Å². The molecular weight excluding hydrogens is 244 g/mol. The Morgan fingerprint density at radius 2 is 2.00 bits per heavy atom. The van der Waals surface area contributed by atoms with Gasteiger partial charge in [-0.25, -0.2) is 4.98 Å². The standard InChI is InChI=1S/C14H10N2OS/c17-13-10-12(15-14-16(13)8-9-18-14)7-6-11-4-2-1-3-5-11/h1-10H. The molecule has 0 saturated carbocycles. The number of nitrogens with zero attached hydrogens (tertiary/aromatic N) is 2. The molecule has 4 heteroatoms. The van der Waals surface area contributed by atoms with Crippen LogP contribution in [0.4, 0.5) is 0 Å². The number of thiazole rings is 1. The predicted molar refractivity (Wildman–Crippen MR) is 74.7 cm³/mol. The molecule has 2 heterocycles. The van der Waals surface area contributed by atoms with Crippen molar-refractivity contribution in [3.05, 3.63) is 69.6 Å². The molecule has 0 unspecified atom stereocenters. The van der Waals surface area contributed by atoms with E-state index in [2.05, 4.69) is 4.98 Å². The number of benzene rings is 1. The molecule has 0 bridgehead atoms. The molecule has 0 aliphatic carbocycles. The molecule has 1 aromatic carbocycles. The van der Waals surface area contributed by atoms with Crippen LogP contribution in [0.5, 0.6) is 0 Å². The molecule has 88 valence electrons. The van der Waals surface area contributed by atoms with Crippen LogP contribution in [-0.4, -0.2) is 9.38 Å². The first-order chi connectivity index (χ1) is 8.83. The van der Waals surface area contributed by atoms with E-state index >= 15 is 0 Å². The Morgan fingerprint density at radius 3 is 2.83 bits per heavy atom. The zero-order valence-corrected chi connectivity index (χ0v) is 10.3. The van der Waals surface area contributed by atoms with Crippen molar-refractivity contribution >= 4 is 28.4 Å². The van der Waals surface area contributed by atoms with Gasteiger partial charge in [-0.1, -0.05) is 36.4 Å². The van der Waals surface area contributed by atoms with Crippen molar-refractivity contribution in [1.29, 1.82) is 0 Å². The van der Waals surface area contributed by atoms with Crippen molar-refractivity contribution in [3.63, 3.8) is 0 Å². The van der Waals surface area contributed by atoms with Crippen molar-refractivity contribution < 1.29 is 0 Å². The average molecular weight is 254 g/mol. The zero-order chi connectivity index (χ0) is 12.4. The van der Waals surface area contributed by atoms with Gasteiger partial charge in [-0.2, -0.15) is 0 Å². The molecule has 0 fully saturated rings. The van der Waals surface area contributed by atoms with Gasteiger partial charge in [0, 0.05) is 17.6 Å². The van der Waals surface area contributed by atoms with E-state index in [9.17, 15) is 4.79 Å². The summed E-state index contributed by atoms with van der Waals surface area (Å²) in [6.45, 7) is 0. The molecule has 0 aliphatic rings. The van der Waals surface area contributed by atoms with E-state index < -0.39 is 0 Å². The van der Waals surface area contributed by atoms with Crippen LogP contribution in [0.25, 0.3) is 17.1 Å². The Kier molecular flexibility index (Phi) is 2.78. The van der Waals surface area contributed by atoms with Crippen molar-refractivity contribution in [3.8, 4) is 0 Å². The van der Waals surface area contributed by atoms with Gasteiger partial charge in [0.2, 0.25) is 0 Å². The third-order valence-corrected chi connectivity index (χ3v) is 3.33. The largest absolute Gasteiger partial charge is 0.269 e. The highest BCUT2D eigenvalue weighted by Crippen LogP contribution is 2.09. The highest BCUT2D eigenvalue weighted by Gasteiger charge is 2.00. The van der Waals surface area contributed by atoms with E-state index in [1.54, 1.807) is 16.7 Å². The van der Waals surface area contributed by atoms with E-state index in [1.165, 1.54) is 11.3 Å². The zero-order valence-electron chi connectivity index (χ0n) is 9.48. The molecule has 3 aromatic rings. The number of fused-ring (bicyclic) bond motifs is 1. The second-order valence-electron chi connectivity index (χ2n) is 3.82. The summed E-state index contributed by atoms with van der Waals surface area (Å²) in [5.41, 5.74) is 1.73. The van der Waals surface area contributed by atoms with Gasteiger partial charge in [-0.15, -0.1) is 11.3 Å². The minimum absolute atomic E-state index is 0.0473. The van der Waals surface area contributed by atoms with Crippen LogP contribution in [0.15, 0.2) is 52.8 Å². The number of aromatic nitrogens is 2. The van der Waals surface area contributed by atoms with Crippen LogP contribution in [0.3, 0.4) is 0 Å². The number of rotatable bonds is 2. The molecule has 0 atom stereocenters. The van der Waals surface area contributed by atoms with Gasteiger partial charge < -0.3 is 0 Å². The molecular formula is C14H10N2OS. The monoisotopic (exact) mass is 254 g/mol. The van der Waals surface area contributed by atoms with Gasteiger partial charge in [0.15, 0.2) is 4.96 Å². The first-order valence-corrected chi connectivity index (χ1v) is 6.41. The van der Waals surface area contributed by atoms with E-state index in [4.69, 9.17) is 0 Å². The average Bonchev–Trinajstić information content (AvgIpc) is 2.86. The van der Waals surface area contributed by atoms with Crippen LogP contribution in [0.1, 0.15) is 11.3 Å². The van der Waals surface area contributed by atoms with Gasteiger partial charge in [0.05, 0.1) is 5.69 Å². The van der Waals surface area contributed by atoms with Crippen LogP contribution < -0.4 is 5.56 Å². The first-order valence-electron chi connectivity index (χ1n) is 5.53. The first kappa shape index (κ1) is 10.9. The van der Waals surface area contributed by atoms with Crippen LogP contribution in [0, 0.1) is 0 Å². The van der Waals surface area contributed by atoms with Crippen molar-refractivity contribution in [1.82, 2.24) is 9.38 Å². The topological polar surface area (TPSA) is 34.4 Å². The molecule has 2 aromatic heterocycles. The summed E-state index contributed by atoms with van der Waals surface area (Å²) in [5.74, 6) is 0. The summed E-state index contributed by atoms with van der Waals surface area (Å²) in [6.07, 6.45) is 5.54. The molecule has 3 nitrogen and oxygen atoms in total. The van der Waals surface area contributed by atoms with Gasteiger partial charge >= 0.3 is 0 Å². The van der Waals surface area contributed by atoms with Crippen LogP contribution in [-0.2, 0) is 0 Å². The predicted octanol–water partition coefficient (Wildman–Crippen LogP) is 2.93.